The zero-order valence-electron chi connectivity index (χ0n) is 24.5. The number of unbranched alkanes of at least 4 members (excludes halogenated alkanes) is 1. The van der Waals surface area contributed by atoms with Gasteiger partial charge in [0, 0.05) is 50.6 Å². The van der Waals surface area contributed by atoms with Gasteiger partial charge in [0.25, 0.3) is 0 Å². The zero-order valence-corrected chi connectivity index (χ0v) is 24.5. The number of piperazine rings is 1. The molecule has 0 amide bonds. The molecule has 4 aromatic rings. The minimum Gasteiger partial charge on any atom is -0.506 e. The third-order valence-electron chi connectivity index (χ3n) is 7.73. The van der Waals surface area contributed by atoms with Gasteiger partial charge >= 0.3 is 5.97 Å². The van der Waals surface area contributed by atoms with Crippen molar-refractivity contribution in [2.45, 2.75) is 58.7 Å². The normalized spacial score (nSPS) is 15.6. The number of carbonyl (C=O) groups excluding carboxylic acids is 1. The van der Waals surface area contributed by atoms with Crippen molar-refractivity contribution in [2.24, 2.45) is 0 Å². The quantitative estimate of drug-likeness (QED) is 0.187. The monoisotopic (exact) mass is 568 g/mol. The summed E-state index contributed by atoms with van der Waals surface area (Å²) in [5.74, 6) is 0.703. The van der Waals surface area contributed by atoms with Crippen molar-refractivity contribution in [3.05, 3.63) is 89.5 Å². The van der Waals surface area contributed by atoms with Crippen LogP contribution in [0, 0.1) is 0 Å². The van der Waals surface area contributed by atoms with Gasteiger partial charge in [0.05, 0.1) is 18.8 Å². The average molecular weight is 569 g/mol. The number of nitrogens with zero attached hydrogens (tertiary/aromatic N) is 6. The number of anilines is 1. The number of carbonyl (C=O) groups is 1. The second-order valence-corrected chi connectivity index (χ2v) is 10.9. The van der Waals surface area contributed by atoms with Crippen molar-refractivity contribution in [2.75, 3.05) is 31.1 Å². The van der Waals surface area contributed by atoms with E-state index in [4.69, 9.17) is 4.74 Å². The zero-order chi connectivity index (χ0) is 29.3. The van der Waals surface area contributed by atoms with Crippen LogP contribution in [0.15, 0.2) is 72.8 Å². The molecule has 42 heavy (non-hydrogen) atoms. The van der Waals surface area contributed by atoms with Crippen LogP contribution in [0.4, 0.5) is 5.69 Å². The van der Waals surface area contributed by atoms with E-state index in [9.17, 15) is 9.90 Å². The van der Waals surface area contributed by atoms with Crippen LogP contribution in [-0.4, -0.2) is 68.5 Å². The number of aromatic hydroxyl groups is 1. The Balaban J connectivity index is 1.28. The first-order chi connectivity index (χ1) is 20.5. The standard InChI is InChI=1S/C33H40N6O3/c1-3-42-31(41)18-9-10-19-39-35-33(34-36-39)29-16-8-7-14-27(29)22-28-15-11-17-30(40)32(28)38-21-20-37(23-25(38)2)24-26-12-5-4-6-13-26/h4-8,11-17,25,40H,3,9-10,18-24H2,1-2H3/t25-/m0/s1. The summed E-state index contributed by atoms with van der Waals surface area (Å²) in [6.07, 6.45) is 2.50. The van der Waals surface area contributed by atoms with Crippen LogP contribution in [0.5, 0.6) is 5.75 Å². The maximum Gasteiger partial charge on any atom is 0.305 e. The lowest BCUT2D eigenvalue weighted by molar-refractivity contribution is -0.143. The average Bonchev–Trinajstić information content (AvgIpc) is 3.46. The molecule has 1 N–H and O–H groups in total. The van der Waals surface area contributed by atoms with Gasteiger partial charge < -0.3 is 14.7 Å². The fourth-order valence-corrected chi connectivity index (χ4v) is 5.70. The van der Waals surface area contributed by atoms with E-state index < -0.39 is 0 Å². The molecule has 1 aromatic heterocycles. The van der Waals surface area contributed by atoms with Gasteiger partial charge in [-0.2, -0.15) is 4.80 Å². The van der Waals surface area contributed by atoms with Crippen molar-refractivity contribution in [1.82, 2.24) is 25.1 Å². The summed E-state index contributed by atoms with van der Waals surface area (Å²) in [4.78, 5) is 18.0. The summed E-state index contributed by atoms with van der Waals surface area (Å²) in [5.41, 5.74) is 5.28. The molecule has 0 bridgehead atoms. The number of benzene rings is 3. The number of rotatable bonds is 12. The molecule has 5 rings (SSSR count). The highest BCUT2D eigenvalue weighted by atomic mass is 16.5. The van der Waals surface area contributed by atoms with Crippen molar-refractivity contribution in [1.29, 1.82) is 0 Å². The van der Waals surface area contributed by atoms with Crippen LogP contribution < -0.4 is 4.90 Å². The first-order valence-electron chi connectivity index (χ1n) is 14.9. The largest absolute Gasteiger partial charge is 0.506 e. The lowest BCUT2D eigenvalue weighted by atomic mass is 9.96. The molecule has 0 spiro atoms. The molecule has 1 saturated heterocycles. The van der Waals surface area contributed by atoms with Gasteiger partial charge in [-0.05, 0) is 54.7 Å². The molecule has 1 fully saturated rings. The van der Waals surface area contributed by atoms with E-state index in [0.717, 1.165) is 55.0 Å². The van der Waals surface area contributed by atoms with E-state index in [-0.39, 0.29) is 12.0 Å². The summed E-state index contributed by atoms with van der Waals surface area (Å²) < 4.78 is 4.99. The van der Waals surface area contributed by atoms with Crippen molar-refractivity contribution in [3.63, 3.8) is 0 Å². The molecule has 0 radical (unpaired) electrons. The van der Waals surface area contributed by atoms with Crippen molar-refractivity contribution in [3.8, 4) is 17.1 Å². The molecule has 1 aliphatic rings. The van der Waals surface area contributed by atoms with E-state index >= 15 is 0 Å². The Labute approximate surface area is 247 Å². The van der Waals surface area contributed by atoms with E-state index in [0.29, 0.717) is 44.0 Å². The maximum atomic E-state index is 11.6. The number of esters is 1. The molecule has 2 heterocycles. The van der Waals surface area contributed by atoms with Gasteiger partial charge in [0.2, 0.25) is 5.82 Å². The molecular weight excluding hydrogens is 528 g/mol. The van der Waals surface area contributed by atoms with Crippen molar-refractivity contribution >= 4 is 11.7 Å². The smallest absolute Gasteiger partial charge is 0.305 e. The number of para-hydroxylation sites is 1. The first kappa shape index (κ1) is 29.3. The molecule has 0 saturated carbocycles. The molecule has 0 unspecified atom stereocenters. The maximum absolute atomic E-state index is 11.6. The van der Waals surface area contributed by atoms with Gasteiger partial charge in [-0.1, -0.05) is 66.7 Å². The first-order valence-corrected chi connectivity index (χ1v) is 14.9. The van der Waals surface area contributed by atoms with E-state index in [1.165, 1.54) is 5.56 Å². The third kappa shape index (κ3) is 7.33. The Morgan fingerprint density at radius 1 is 0.976 bits per heavy atom. The van der Waals surface area contributed by atoms with Gasteiger partial charge in [0.1, 0.15) is 5.75 Å². The van der Waals surface area contributed by atoms with Crippen LogP contribution in [0.25, 0.3) is 11.4 Å². The van der Waals surface area contributed by atoms with Gasteiger partial charge in [-0.3, -0.25) is 9.69 Å². The minimum atomic E-state index is -0.173. The van der Waals surface area contributed by atoms with Gasteiger partial charge in [-0.25, -0.2) is 0 Å². The highest BCUT2D eigenvalue weighted by Crippen LogP contribution is 2.36. The topological polar surface area (TPSA) is 96.6 Å². The molecule has 220 valence electrons. The Morgan fingerprint density at radius 3 is 2.57 bits per heavy atom. The predicted octanol–water partition coefficient (Wildman–Crippen LogP) is 5.08. The summed E-state index contributed by atoms with van der Waals surface area (Å²) in [6.45, 7) is 8.65. The van der Waals surface area contributed by atoms with Crippen LogP contribution in [-0.2, 0) is 29.0 Å². The molecule has 1 aliphatic heterocycles. The van der Waals surface area contributed by atoms with E-state index in [2.05, 4.69) is 74.6 Å². The molecule has 9 nitrogen and oxygen atoms in total. The summed E-state index contributed by atoms with van der Waals surface area (Å²) >= 11 is 0. The summed E-state index contributed by atoms with van der Waals surface area (Å²) in [5, 5.41) is 24.3. The lowest BCUT2D eigenvalue weighted by Gasteiger charge is -2.42. The number of phenols is 1. The van der Waals surface area contributed by atoms with Crippen LogP contribution >= 0.6 is 0 Å². The van der Waals surface area contributed by atoms with Crippen LogP contribution in [0.2, 0.25) is 0 Å². The molecule has 1 atom stereocenters. The Kier molecular flexibility index (Phi) is 9.82. The number of tetrazole rings is 1. The number of hydrogen-bond donors (Lipinski definition) is 1. The summed E-state index contributed by atoms with van der Waals surface area (Å²) in [7, 11) is 0. The van der Waals surface area contributed by atoms with E-state index in [1.54, 1.807) is 10.9 Å². The van der Waals surface area contributed by atoms with Gasteiger partial charge in [0.15, 0.2) is 0 Å². The number of ether oxygens (including phenoxy) is 1. The number of aryl methyl sites for hydroxylation is 1. The third-order valence-corrected chi connectivity index (χ3v) is 7.73. The molecule has 3 aromatic carbocycles. The summed E-state index contributed by atoms with van der Waals surface area (Å²) in [6, 6.07) is 24.7. The SMILES string of the molecule is CCOC(=O)CCCCn1nnc(-c2ccccc2Cc2cccc(O)c2N2CCN(Cc3ccccc3)C[C@@H]2C)n1. The fourth-order valence-electron chi connectivity index (χ4n) is 5.70. The highest BCUT2D eigenvalue weighted by molar-refractivity contribution is 5.69. The molecular formula is C33H40N6O3. The van der Waals surface area contributed by atoms with Crippen molar-refractivity contribution < 1.29 is 14.6 Å². The number of hydrogen-bond acceptors (Lipinski definition) is 8. The minimum absolute atomic E-state index is 0.173. The second-order valence-electron chi connectivity index (χ2n) is 10.9. The number of aromatic nitrogens is 4. The fraction of sp³-hybridized carbons (Fsp3) is 0.394. The van der Waals surface area contributed by atoms with Crippen LogP contribution in [0.3, 0.4) is 0 Å². The van der Waals surface area contributed by atoms with Gasteiger partial charge in [-0.15, -0.1) is 10.2 Å². The predicted molar refractivity (Wildman–Crippen MR) is 163 cm³/mol. The lowest BCUT2D eigenvalue weighted by Crippen LogP contribution is -2.51. The molecule has 9 heteroatoms. The second kappa shape index (κ2) is 14.1. The Morgan fingerprint density at radius 2 is 1.76 bits per heavy atom. The highest BCUT2D eigenvalue weighted by Gasteiger charge is 2.27. The number of phenolic OH excluding ortho intramolecular Hbond substituents is 1. The Hall–Kier alpha value is -4.24. The van der Waals surface area contributed by atoms with E-state index in [1.807, 2.05) is 31.2 Å². The molecule has 0 aliphatic carbocycles. The Bertz CT molecular complexity index is 1460. The van der Waals surface area contributed by atoms with Crippen LogP contribution in [0.1, 0.15) is 49.8 Å².